The van der Waals surface area contributed by atoms with Gasteiger partial charge in [-0.2, -0.15) is 0 Å². The van der Waals surface area contributed by atoms with E-state index in [-0.39, 0.29) is 18.0 Å². The van der Waals surface area contributed by atoms with Gasteiger partial charge in [-0.05, 0) is 31.9 Å². The zero-order valence-electron chi connectivity index (χ0n) is 13.8. The number of aryl methyl sites for hydroxylation is 2. The molecule has 0 bridgehead atoms. The van der Waals surface area contributed by atoms with Crippen LogP contribution in [0.4, 0.5) is 0 Å². The smallest absolute Gasteiger partial charge is 0.305 e. The molecule has 2 rings (SSSR count). The van der Waals surface area contributed by atoms with Crippen molar-refractivity contribution in [3.8, 4) is 0 Å². The molecule has 0 heterocycles. The van der Waals surface area contributed by atoms with Gasteiger partial charge >= 0.3 is 5.97 Å². The summed E-state index contributed by atoms with van der Waals surface area (Å²) in [6, 6.07) is 16.9. The van der Waals surface area contributed by atoms with Crippen LogP contribution in [0.25, 0.3) is 0 Å². The summed E-state index contributed by atoms with van der Waals surface area (Å²) < 4.78 is 5.59. The molecule has 2 aromatic carbocycles. The predicted octanol–water partition coefficient (Wildman–Crippen LogP) is 4.78. The lowest BCUT2D eigenvalue weighted by Crippen LogP contribution is -2.23. The third-order valence-electron chi connectivity index (χ3n) is 3.95. The van der Waals surface area contributed by atoms with Crippen LogP contribution in [0, 0.1) is 13.8 Å². The lowest BCUT2D eigenvalue weighted by Gasteiger charge is -2.25. The second kappa shape index (κ2) is 7.26. The van der Waals surface area contributed by atoms with Crippen molar-refractivity contribution in [2.45, 2.75) is 46.1 Å². The monoisotopic (exact) mass is 296 g/mol. The number of rotatable bonds is 5. The standard InChI is InChI=1S/C20H24O2/c1-5-19(21)22-16(4)20(17-10-6-14(2)7-11-17)18-12-8-15(3)9-13-18/h6-13,16,20H,5H2,1-4H3. The fourth-order valence-corrected chi connectivity index (χ4v) is 2.64. The number of hydrogen-bond acceptors (Lipinski definition) is 2. The van der Waals surface area contributed by atoms with Crippen molar-refractivity contribution in [3.63, 3.8) is 0 Å². The lowest BCUT2D eigenvalue weighted by molar-refractivity contribution is -0.148. The topological polar surface area (TPSA) is 26.3 Å². The zero-order chi connectivity index (χ0) is 16.1. The van der Waals surface area contributed by atoms with Crippen LogP contribution >= 0.6 is 0 Å². The van der Waals surface area contributed by atoms with E-state index in [1.54, 1.807) is 0 Å². The molecule has 0 amide bonds. The van der Waals surface area contributed by atoms with Gasteiger partial charge in [0.2, 0.25) is 0 Å². The van der Waals surface area contributed by atoms with Crippen molar-refractivity contribution >= 4 is 5.97 Å². The molecule has 0 aromatic heterocycles. The summed E-state index contributed by atoms with van der Waals surface area (Å²) >= 11 is 0. The van der Waals surface area contributed by atoms with Gasteiger partial charge in [0.05, 0.1) is 0 Å². The minimum atomic E-state index is -0.196. The first-order chi connectivity index (χ1) is 10.5. The highest BCUT2D eigenvalue weighted by molar-refractivity contribution is 5.69. The average Bonchev–Trinajstić information content (AvgIpc) is 2.51. The third-order valence-corrected chi connectivity index (χ3v) is 3.95. The van der Waals surface area contributed by atoms with Gasteiger partial charge in [-0.1, -0.05) is 66.6 Å². The van der Waals surface area contributed by atoms with E-state index in [4.69, 9.17) is 4.74 Å². The molecule has 2 nitrogen and oxygen atoms in total. The first kappa shape index (κ1) is 16.3. The molecule has 116 valence electrons. The average molecular weight is 296 g/mol. The van der Waals surface area contributed by atoms with Crippen LogP contribution in [0.1, 0.15) is 48.4 Å². The van der Waals surface area contributed by atoms with Gasteiger partial charge in [-0.25, -0.2) is 0 Å². The summed E-state index contributed by atoms with van der Waals surface area (Å²) in [6.45, 7) is 7.94. The highest BCUT2D eigenvalue weighted by atomic mass is 16.5. The number of carbonyl (C=O) groups is 1. The molecule has 2 heteroatoms. The maximum Gasteiger partial charge on any atom is 0.305 e. The highest BCUT2D eigenvalue weighted by Crippen LogP contribution is 2.30. The number of esters is 1. The Hall–Kier alpha value is -2.09. The molecule has 0 saturated heterocycles. The van der Waals surface area contributed by atoms with E-state index in [0.717, 1.165) is 0 Å². The summed E-state index contributed by atoms with van der Waals surface area (Å²) in [5, 5.41) is 0. The van der Waals surface area contributed by atoms with E-state index in [9.17, 15) is 4.79 Å². The molecule has 0 saturated carbocycles. The first-order valence-electron chi connectivity index (χ1n) is 7.84. The molecule has 0 aliphatic heterocycles. The maximum absolute atomic E-state index is 11.7. The van der Waals surface area contributed by atoms with E-state index >= 15 is 0 Å². The van der Waals surface area contributed by atoms with Gasteiger partial charge in [-0.15, -0.1) is 0 Å². The second-order valence-corrected chi connectivity index (χ2v) is 5.85. The van der Waals surface area contributed by atoms with Crippen molar-refractivity contribution in [2.24, 2.45) is 0 Å². The Morgan fingerprint density at radius 3 is 1.68 bits per heavy atom. The fraction of sp³-hybridized carbons (Fsp3) is 0.350. The Labute approximate surface area is 133 Å². The van der Waals surface area contributed by atoms with Crippen molar-refractivity contribution in [2.75, 3.05) is 0 Å². The van der Waals surface area contributed by atoms with Gasteiger partial charge in [0.25, 0.3) is 0 Å². The molecular weight excluding hydrogens is 272 g/mol. The van der Waals surface area contributed by atoms with Crippen LogP contribution in [0.3, 0.4) is 0 Å². The summed E-state index contributed by atoms with van der Waals surface area (Å²) in [5.41, 5.74) is 4.80. The van der Waals surface area contributed by atoms with Gasteiger partial charge in [0.15, 0.2) is 0 Å². The molecule has 0 radical (unpaired) electrons. The summed E-state index contributed by atoms with van der Waals surface area (Å²) in [4.78, 5) is 11.7. The molecule has 0 spiro atoms. The molecule has 0 aliphatic carbocycles. The molecule has 1 unspecified atom stereocenters. The second-order valence-electron chi connectivity index (χ2n) is 5.85. The summed E-state index contributed by atoms with van der Waals surface area (Å²) in [7, 11) is 0. The van der Waals surface area contributed by atoms with E-state index < -0.39 is 0 Å². The number of ether oxygens (including phenoxy) is 1. The zero-order valence-corrected chi connectivity index (χ0v) is 13.8. The van der Waals surface area contributed by atoms with Crippen LogP contribution < -0.4 is 0 Å². The number of benzene rings is 2. The van der Waals surface area contributed by atoms with Crippen molar-refractivity contribution < 1.29 is 9.53 Å². The van der Waals surface area contributed by atoms with Crippen LogP contribution in [-0.4, -0.2) is 12.1 Å². The van der Waals surface area contributed by atoms with Gasteiger partial charge in [-0.3, -0.25) is 4.79 Å². The minimum absolute atomic E-state index is 0.0525. The normalized spacial score (nSPS) is 12.2. The number of carbonyl (C=O) groups excluding carboxylic acids is 1. The van der Waals surface area contributed by atoms with Gasteiger partial charge in [0, 0.05) is 12.3 Å². The van der Waals surface area contributed by atoms with Crippen molar-refractivity contribution in [1.82, 2.24) is 0 Å². The molecule has 22 heavy (non-hydrogen) atoms. The van der Waals surface area contributed by atoms with Crippen LogP contribution in [0.2, 0.25) is 0 Å². The minimum Gasteiger partial charge on any atom is -0.462 e. The Balaban J connectivity index is 2.37. The third kappa shape index (κ3) is 3.97. The van der Waals surface area contributed by atoms with Crippen LogP contribution in [-0.2, 0) is 9.53 Å². The first-order valence-corrected chi connectivity index (χ1v) is 7.84. The SMILES string of the molecule is CCC(=O)OC(C)C(c1ccc(C)cc1)c1ccc(C)cc1. The van der Waals surface area contributed by atoms with Crippen molar-refractivity contribution in [1.29, 1.82) is 0 Å². The molecule has 0 N–H and O–H groups in total. The quantitative estimate of drug-likeness (QED) is 0.742. The Bertz CT molecular complexity index is 566. The van der Waals surface area contributed by atoms with E-state index in [0.29, 0.717) is 6.42 Å². The van der Waals surface area contributed by atoms with E-state index in [1.165, 1.54) is 22.3 Å². The van der Waals surface area contributed by atoms with Crippen LogP contribution in [0.5, 0.6) is 0 Å². The van der Waals surface area contributed by atoms with Crippen LogP contribution in [0.15, 0.2) is 48.5 Å². The van der Waals surface area contributed by atoms with Gasteiger partial charge in [0.1, 0.15) is 6.10 Å². The Kier molecular flexibility index (Phi) is 5.37. The molecule has 2 aromatic rings. The maximum atomic E-state index is 11.7. The highest BCUT2D eigenvalue weighted by Gasteiger charge is 2.24. The number of hydrogen-bond donors (Lipinski definition) is 0. The van der Waals surface area contributed by atoms with Gasteiger partial charge < -0.3 is 4.74 Å². The molecule has 0 aliphatic rings. The largest absolute Gasteiger partial charge is 0.462 e. The Morgan fingerprint density at radius 2 is 1.32 bits per heavy atom. The fourth-order valence-electron chi connectivity index (χ4n) is 2.64. The van der Waals surface area contributed by atoms with E-state index in [1.807, 2.05) is 13.8 Å². The summed E-state index contributed by atoms with van der Waals surface area (Å²) in [6.07, 6.45) is 0.205. The molecule has 0 fully saturated rings. The molecular formula is C20H24O2. The predicted molar refractivity (Wildman–Crippen MR) is 90.0 cm³/mol. The Morgan fingerprint density at radius 1 is 0.909 bits per heavy atom. The lowest BCUT2D eigenvalue weighted by atomic mass is 9.86. The summed E-state index contributed by atoms with van der Waals surface area (Å²) in [5.74, 6) is -0.103. The molecule has 1 atom stereocenters. The van der Waals surface area contributed by atoms with E-state index in [2.05, 4.69) is 62.4 Å². The van der Waals surface area contributed by atoms with Crippen molar-refractivity contribution in [3.05, 3.63) is 70.8 Å².